The van der Waals surface area contributed by atoms with Crippen LogP contribution in [0.4, 0.5) is 17.1 Å². The fraction of sp³-hybridized carbons (Fsp3) is 0. The zero-order valence-electron chi connectivity index (χ0n) is 29.4. The van der Waals surface area contributed by atoms with E-state index in [2.05, 4.69) is 173 Å². The van der Waals surface area contributed by atoms with Crippen molar-refractivity contribution in [3.8, 4) is 39.3 Å². The number of benzene rings is 8. The van der Waals surface area contributed by atoms with Crippen LogP contribution in [0.5, 0.6) is 0 Å². The van der Waals surface area contributed by atoms with E-state index in [9.17, 15) is 0 Å². The van der Waals surface area contributed by atoms with Gasteiger partial charge in [-0.3, -0.25) is 0 Å². The number of rotatable bonds is 7. The Kier molecular flexibility index (Phi) is 7.77. The number of fused-ring (bicyclic) bond motifs is 4. The number of hydrogen-bond donors (Lipinski definition) is 0. The van der Waals surface area contributed by atoms with Gasteiger partial charge in [-0.25, -0.2) is 9.97 Å². The Morgan fingerprint density at radius 2 is 0.852 bits per heavy atom. The van der Waals surface area contributed by atoms with Gasteiger partial charge in [0.2, 0.25) is 0 Å². The first-order chi connectivity index (χ1) is 26.8. The summed E-state index contributed by atoms with van der Waals surface area (Å²) >= 11 is 0. The molecule has 54 heavy (non-hydrogen) atoms. The van der Waals surface area contributed by atoms with Crippen LogP contribution in [0.15, 0.2) is 206 Å². The van der Waals surface area contributed by atoms with E-state index >= 15 is 0 Å². The van der Waals surface area contributed by atoms with Crippen molar-refractivity contribution in [3.63, 3.8) is 0 Å². The molecule has 0 spiro atoms. The van der Waals surface area contributed by atoms with E-state index in [-0.39, 0.29) is 0 Å². The van der Waals surface area contributed by atoms with E-state index in [0.29, 0.717) is 0 Å². The summed E-state index contributed by atoms with van der Waals surface area (Å²) in [5.41, 5.74) is 14.6. The molecule has 0 saturated heterocycles. The van der Waals surface area contributed by atoms with Crippen LogP contribution in [-0.4, -0.2) is 14.5 Å². The summed E-state index contributed by atoms with van der Waals surface area (Å²) in [6.07, 6.45) is 0. The van der Waals surface area contributed by atoms with Crippen molar-refractivity contribution in [3.05, 3.63) is 206 Å². The quantitative estimate of drug-likeness (QED) is 0.167. The third-order valence-electron chi connectivity index (χ3n) is 10.2. The number of anilines is 3. The monoisotopic (exact) mass is 690 g/mol. The molecule has 10 aromatic rings. The first-order valence-corrected chi connectivity index (χ1v) is 18.3. The fourth-order valence-electron chi connectivity index (χ4n) is 7.62. The SMILES string of the molecule is c1ccc(-c2cccc(-n3c4ccccc4c4cc(N(c5ccccc5)c5ccc(-c6nc7ccccc7nc6-c6ccccc6)cc5)ccc43)c2)cc1. The van der Waals surface area contributed by atoms with Gasteiger partial charge < -0.3 is 9.47 Å². The van der Waals surface area contributed by atoms with Gasteiger partial charge in [0.25, 0.3) is 0 Å². The van der Waals surface area contributed by atoms with Gasteiger partial charge in [-0.15, -0.1) is 0 Å². The Balaban J connectivity index is 1.10. The van der Waals surface area contributed by atoms with Crippen LogP contribution in [-0.2, 0) is 0 Å². The van der Waals surface area contributed by atoms with Crippen molar-refractivity contribution in [1.29, 1.82) is 0 Å². The highest BCUT2D eigenvalue weighted by atomic mass is 15.1. The van der Waals surface area contributed by atoms with Crippen LogP contribution in [0.25, 0.3) is 72.2 Å². The second-order valence-corrected chi connectivity index (χ2v) is 13.5. The molecular weight excluding hydrogens is 657 g/mol. The highest BCUT2D eigenvalue weighted by Gasteiger charge is 2.19. The maximum Gasteiger partial charge on any atom is 0.0973 e. The number of aromatic nitrogens is 3. The smallest absolute Gasteiger partial charge is 0.0973 e. The van der Waals surface area contributed by atoms with E-state index in [1.807, 2.05) is 42.5 Å². The molecule has 0 bridgehead atoms. The summed E-state index contributed by atoms with van der Waals surface area (Å²) in [4.78, 5) is 12.6. The minimum absolute atomic E-state index is 0.864. The lowest BCUT2D eigenvalue weighted by Crippen LogP contribution is -2.09. The van der Waals surface area contributed by atoms with Crippen molar-refractivity contribution < 1.29 is 0 Å². The molecule has 0 atom stereocenters. The molecular formula is C50H34N4. The van der Waals surface area contributed by atoms with Crippen LogP contribution < -0.4 is 4.90 Å². The summed E-state index contributed by atoms with van der Waals surface area (Å²) in [6.45, 7) is 0. The molecule has 0 N–H and O–H groups in total. The number of para-hydroxylation sites is 4. The van der Waals surface area contributed by atoms with Crippen LogP contribution in [0.3, 0.4) is 0 Å². The molecule has 2 aromatic heterocycles. The Bertz CT molecular complexity index is 2920. The zero-order chi connectivity index (χ0) is 35.8. The molecule has 0 radical (unpaired) electrons. The molecule has 254 valence electrons. The molecule has 4 heteroatoms. The maximum absolute atomic E-state index is 5.15. The Morgan fingerprint density at radius 3 is 1.56 bits per heavy atom. The summed E-state index contributed by atoms with van der Waals surface area (Å²) in [6, 6.07) is 72.6. The lowest BCUT2D eigenvalue weighted by Gasteiger charge is -2.26. The van der Waals surface area contributed by atoms with E-state index in [1.54, 1.807) is 0 Å². The molecule has 0 unspecified atom stereocenters. The van der Waals surface area contributed by atoms with Gasteiger partial charge in [-0.05, 0) is 83.9 Å². The largest absolute Gasteiger partial charge is 0.310 e. The second kappa shape index (κ2) is 13.4. The number of hydrogen-bond acceptors (Lipinski definition) is 3. The van der Waals surface area contributed by atoms with Crippen LogP contribution >= 0.6 is 0 Å². The van der Waals surface area contributed by atoms with Gasteiger partial charge in [0.15, 0.2) is 0 Å². The standard InChI is InChI=1S/C50H34N4/c1-4-15-35(16-5-1)38-19-14-22-41(33-38)54-47-26-13-10-23-43(47)44-34-42(31-32-48(44)54)53(39-20-8-3-9-21-39)40-29-27-37(28-30-40)50-49(36-17-6-2-7-18-36)51-45-24-11-12-25-46(45)52-50/h1-34H. The lowest BCUT2D eigenvalue weighted by atomic mass is 10.0. The van der Waals surface area contributed by atoms with Gasteiger partial charge in [-0.1, -0.05) is 133 Å². The average molecular weight is 691 g/mol. The van der Waals surface area contributed by atoms with Crippen molar-refractivity contribution in [2.75, 3.05) is 4.90 Å². The first-order valence-electron chi connectivity index (χ1n) is 18.3. The molecule has 0 aliphatic rings. The Morgan fingerprint density at radius 1 is 0.333 bits per heavy atom. The van der Waals surface area contributed by atoms with Crippen molar-refractivity contribution in [2.24, 2.45) is 0 Å². The van der Waals surface area contributed by atoms with Gasteiger partial charge in [0, 0.05) is 44.6 Å². The summed E-state index contributed by atoms with van der Waals surface area (Å²) in [5, 5.41) is 2.41. The maximum atomic E-state index is 5.15. The zero-order valence-corrected chi connectivity index (χ0v) is 29.4. The van der Waals surface area contributed by atoms with E-state index in [0.717, 1.165) is 61.8 Å². The molecule has 0 amide bonds. The van der Waals surface area contributed by atoms with Gasteiger partial charge >= 0.3 is 0 Å². The molecule has 0 saturated carbocycles. The second-order valence-electron chi connectivity index (χ2n) is 13.5. The average Bonchev–Trinajstić information content (AvgIpc) is 3.58. The van der Waals surface area contributed by atoms with Crippen LogP contribution in [0, 0.1) is 0 Å². The van der Waals surface area contributed by atoms with E-state index in [1.165, 1.54) is 27.4 Å². The third-order valence-corrected chi connectivity index (χ3v) is 10.2. The predicted molar refractivity (Wildman–Crippen MR) is 225 cm³/mol. The van der Waals surface area contributed by atoms with Crippen molar-refractivity contribution >= 4 is 49.9 Å². The van der Waals surface area contributed by atoms with Crippen molar-refractivity contribution in [1.82, 2.24) is 14.5 Å². The minimum atomic E-state index is 0.864. The molecule has 10 rings (SSSR count). The topological polar surface area (TPSA) is 34.0 Å². The molecule has 2 heterocycles. The highest BCUT2D eigenvalue weighted by molar-refractivity contribution is 6.10. The van der Waals surface area contributed by atoms with Crippen LogP contribution in [0.2, 0.25) is 0 Å². The summed E-state index contributed by atoms with van der Waals surface area (Å²) < 4.78 is 2.39. The molecule has 4 nitrogen and oxygen atoms in total. The fourth-order valence-corrected chi connectivity index (χ4v) is 7.62. The molecule has 0 fully saturated rings. The van der Waals surface area contributed by atoms with Gasteiger partial charge in [0.05, 0.1) is 33.5 Å². The Hall–Kier alpha value is -7.30. The first kappa shape index (κ1) is 31.4. The van der Waals surface area contributed by atoms with Gasteiger partial charge in [-0.2, -0.15) is 0 Å². The van der Waals surface area contributed by atoms with Crippen LogP contribution in [0.1, 0.15) is 0 Å². The Labute approximate surface area is 313 Å². The summed E-state index contributed by atoms with van der Waals surface area (Å²) in [7, 11) is 0. The predicted octanol–water partition coefficient (Wildman–Crippen LogP) is 13.2. The normalized spacial score (nSPS) is 11.3. The molecule has 0 aliphatic heterocycles. The minimum Gasteiger partial charge on any atom is -0.310 e. The molecule has 0 aliphatic carbocycles. The van der Waals surface area contributed by atoms with Gasteiger partial charge in [0.1, 0.15) is 0 Å². The number of nitrogens with zero attached hydrogens (tertiary/aromatic N) is 4. The lowest BCUT2D eigenvalue weighted by molar-refractivity contribution is 1.18. The third kappa shape index (κ3) is 5.58. The molecule has 8 aromatic carbocycles. The summed E-state index contributed by atoms with van der Waals surface area (Å²) in [5.74, 6) is 0. The highest BCUT2D eigenvalue weighted by Crippen LogP contribution is 2.41. The van der Waals surface area contributed by atoms with E-state index in [4.69, 9.17) is 9.97 Å². The van der Waals surface area contributed by atoms with Crippen molar-refractivity contribution in [2.45, 2.75) is 0 Å². The van der Waals surface area contributed by atoms with E-state index < -0.39 is 0 Å².